The predicted molar refractivity (Wildman–Crippen MR) is 109 cm³/mol. The van der Waals surface area contributed by atoms with E-state index in [2.05, 4.69) is 31.7 Å². The van der Waals surface area contributed by atoms with Crippen molar-refractivity contribution in [3.05, 3.63) is 70.8 Å². The van der Waals surface area contributed by atoms with Crippen molar-refractivity contribution in [1.82, 2.24) is 19.2 Å². The molecule has 0 spiro atoms. The van der Waals surface area contributed by atoms with E-state index >= 15 is 0 Å². The van der Waals surface area contributed by atoms with Crippen LogP contribution in [0, 0.1) is 0 Å². The maximum Gasteiger partial charge on any atom is 0.249 e. The molecule has 1 saturated heterocycles. The van der Waals surface area contributed by atoms with Gasteiger partial charge in [-0.2, -0.15) is 15.6 Å². The van der Waals surface area contributed by atoms with Gasteiger partial charge in [0, 0.05) is 32.0 Å². The van der Waals surface area contributed by atoms with E-state index in [0.29, 0.717) is 18.8 Å². The Bertz CT molecular complexity index is 1090. The average molecular weight is 429 g/mol. The van der Waals surface area contributed by atoms with Gasteiger partial charge in [0.25, 0.3) is 0 Å². The summed E-state index contributed by atoms with van der Waals surface area (Å²) in [6, 6.07) is 10.5. The van der Waals surface area contributed by atoms with Crippen molar-refractivity contribution in [2.75, 3.05) is 13.1 Å². The van der Waals surface area contributed by atoms with E-state index in [0.717, 1.165) is 6.54 Å². The highest BCUT2D eigenvalue weighted by Gasteiger charge is 2.47. The summed E-state index contributed by atoms with van der Waals surface area (Å²) in [6.45, 7) is 2.21. The number of hydrogen-bond acceptors (Lipinski definition) is 7. The van der Waals surface area contributed by atoms with Crippen LogP contribution >= 0.6 is 11.3 Å². The van der Waals surface area contributed by atoms with Gasteiger partial charge in [0.2, 0.25) is 15.9 Å². The molecule has 0 aliphatic carbocycles. The summed E-state index contributed by atoms with van der Waals surface area (Å²) in [6.07, 6.45) is 2.96. The Labute approximate surface area is 173 Å². The van der Waals surface area contributed by atoms with Gasteiger partial charge < -0.3 is 4.74 Å². The molecule has 3 aromatic heterocycles. The SMILES string of the molecule is O=S1(=O)c2cccnc2O[C@H]2CN(Cc3ccsc3)C[C@@H]2N1Cc1ccccn1. The molecule has 29 heavy (non-hydrogen) atoms. The van der Waals surface area contributed by atoms with E-state index in [9.17, 15) is 8.42 Å². The molecule has 0 aromatic carbocycles. The number of sulfonamides is 1. The fraction of sp³-hybridized carbons (Fsp3) is 0.300. The van der Waals surface area contributed by atoms with E-state index in [1.54, 1.807) is 40.2 Å². The number of likely N-dealkylation sites (tertiary alicyclic amines) is 1. The minimum atomic E-state index is -3.78. The first-order valence-corrected chi connectivity index (χ1v) is 11.8. The highest BCUT2D eigenvalue weighted by atomic mass is 32.2. The molecule has 0 saturated carbocycles. The zero-order chi connectivity index (χ0) is 19.8. The van der Waals surface area contributed by atoms with Crippen molar-refractivity contribution < 1.29 is 13.2 Å². The number of ether oxygens (including phenoxy) is 1. The van der Waals surface area contributed by atoms with Gasteiger partial charge in [0.1, 0.15) is 11.0 Å². The van der Waals surface area contributed by atoms with Crippen molar-refractivity contribution in [3.8, 4) is 5.88 Å². The molecule has 0 amide bonds. The summed E-state index contributed by atoms with van der Waals surface area (Å²) < 4.78 is 34.8. The zero-order valence-electron chi connectivity index (χ0n) is 15.6. The maximum absolute atomic E-state index is 13.6. The molecule has 0 N–H and O–H groups in total. The van der Waals surface area contributed by atoms with Crippen LogP contribution in [0.25, 0.3) is 0 Å². The monoisotopic (exact) mass is 428 g/mol. The smallest absolute Gasteiger partial charge is 0.249 e. The van der Waals surface area contributed by atoms with Crippen LogP contribution in [0.3, 0.4) is 0 Å². The minimum absolute atomic E-state index is 0.120. The fourth-order valence-corrected chi connectivity index (χ4v) is 6.30. The largest absolute Gasteiger partial charge is 0.470 e. The average Bonchev–Trinajstić information content (AvgIpc) is 3.36. The Kier molecular flexibility index (Phi) is 4.83. The number of aromatic nitrogens is 2. The second-order valence-corrected chi connectivity index (χ2v) is 9.87. The normalized spacial score (nSPS) is 23.7. The van der Waals surface area contributed by atoms with Gasteiger partial charge in [-0.1, -0.05) is 6.07 Å². The molecule has 5 rings (SSSR count). The van der Waals surface area contributed by atoms with Crippen LogP contribution in [0.2, 0.25) is 0 Å². The zero-order valence-corrected chi connectivity index (χ0v) is 17.2. The fourth-order valence-electron chi connectivity index (χ4n) is 3.96. The lowest BCUT2D eigenvalue weighted by molar-refractivity contribution is 0.143. The third-order valence-corrected chi connectivity index (χ3v) is 7.91. The Morgan fingerprint density at radius 1 is 1.07 bits per heavy atom. The Morgan fingerprint density at radius 3 is 2.76 bits per heavy atom. The van der Waals surface area contributed by atoms with Crippen molar-refractivity contribution in [1.29, 1.82) is 0 Å². The number of nitrogens with zero attached hydrogens (tertiary/aromatic N) is 4. The molecular weight excluding hydrogens is 408 g/mol. The van der Waals surface area contributed by atoms with Gasteiger partial charge in [0.05, 0.1) is 18.3 Å². The molecule has 0 bridgehead atoms. The highest BCUT2D eigenvalue weighted by molar-refractivity contribution is 7.89. The van der Waals surface area contributed by atoms with Crippen molar-refractivity contribution in [2.24, 2.45) is 0 Å². The van der Waals surface area contributed by atoms with Crippen LogP contribution in [0.5, 0.6) is 5.88 Å². The first kappa shape index (κ1) is 18.7. The summed E-state index contributed by atoms with van der Waals surface area (Å²) in [7, 11) is -3.78. The van der Waals surface area contributed by atoms with Gasteiger partial charge in [-0.25, -0.2) is 13.4 Å². The Morgan fingerprint density at radius 2 is 1.97 bits per heavy atom. The van der Waals surface area contributed by atoms with Gasteiger partial charge in [-0.3, -0.25) is 9.88 Å². The molecule has 2 atom stereocenters. The van der Waals surface area contributed by atoms with Crippen LogP contribution in [-0.2, 0) is 23.1 Å². The van der Waals surface area contributed by atoms with Gasteiger partial charge in [-0.15, -0.1) is 0 Å². The summed E-state index contributed by atoms with van der Waals surface area (Å²) >= 11 is 1.66. The topological polar surface area (TPSA) is 75.6 Å². The van der Waals surface area contributed by atoms with Crippen LogP contribution in [-0.4, -0.2) is 52.8 Å². The molecule has 2 aliphatic heterocycles. The number of thiophene rings is 1. The van der Waals surface area contributed by atoms with Crippen LogP contribution < -0.4 is 4.74 Å². The molecule has 0 radical (unpaired) electrons. The van der Waals surface area contributed by atoms with Crippen molar-refractivity contribution >= 4 is 21.4 Å². The van der Waals surface area contributed by atoms with Crippen molar-refractivity contribution in [2.45, 2.75) is 30.1 Å². The molecule has 2 aliphatic rings. The third kappa shape index (κ3) is 3.55. The first-order chi connectivity index (χ1) is 14.1. The molecule has 5 heterocycles. The number of rotatable bonds is 4. The summed E-state index contributed by atoms with van der Waals surface area (Å²) in [5.41, 5.74) is 1.93. The molecule has 9 heteroatoms. The first-order valence-electron chi connectivity index (χ1n) is 9.38. The molecule has 1 fully saturated rings. The maximum atomic E-state index is 13.6. The number of pyridine rings is 2. The summed E-state index contributed by atoms with van der Waals surface area (Å²) in [5.74, 6) is 0.184. The van der Waals surface area contributed by atoms with Gasteiger partial charge in [-0.05, 0) is 46.7 Å². The molecule has 3 aromatic rings. The lowest BCUT2D eigenvalue weighted by atomic mass is 10.2. The van der Waals surface area contributed by atoms with E-state index in [1.807, 2.05) is 18.2 Å². The molecule has 150 valence electrons. The quantitative estimate of drug-likeness (QED) is 0.635. The minimum Gasteiger partial charge on any atom is -0.470 e. The lowest BCUT2D eigenvalue weighted by Crippen LogP contribution is -2.46. The van der Waals surface area contributed by atoms with Crippen molar-refractivity contribution in [3.63, 3.8) is 0 Å². The highest BCUT2D eigenvalue weighted by Crippen LogP contribution is 2.36. The van der Waals surface area contributed by atoms with Crippen LogP contribution in [0.15, 0.2) is 64.4 Å². The standard InChI is InChI=1S/C20H20N4O3S2/c25-29(26)19-5-3-8-22-20(19)27-18-13-23(10-15-6-9-28-14-15)12-17(18)24(29)11-16-4-1-2-7-21-16/h1-9,14,17-18H,10-13H2/t17-,18-/m0/s1. The summed E-state index contributed by atoms with van der Waals surface area (Å²) in [5, 5.41) is 4.17. The van der Waals surface area contributed by atoms with E-state index in [1.165, 1.54) is 5.56 Å². The van der Waals surface area contributed by atoms with Gasteiger partial charge in [0.15, 0.2) is 0 Å². The molecule has 7 nitrogen and oxygen atoms in total. The van der Waals surface area contributed by atoms with E-state index < -0.39 is 10.0 Å². The number of hydrogen-bond donors (Lipinski definition) is 0. The van der Waals surface area contributed by atoms with E-state index in [4.69, 9.17) is 4.74 Å². The summed E-state index contributed by atoms with van der Waals surface area (Å²) in [4.78, 5) is 10.9. The van der Waals surface area contributed by atoms with Crippen LogP contribution in [0.1, 0.15) is 11.3 Å². The predicted octanol–water partition coefficient (Wildman–Crippen LogP) is 2.37. The Balaban J connectivity index is 1.52. The number of fused-ring (bicyclic) bond motifs is 2. The van der Waals surface area contributed by atoms with Crippen LogP contribution in [0.4, 0.5) is 0 Å². The molecule has 0 unspecified atom stereocenters. The third-order valence-electron chi connectivity index (χ3n) is 5.30. The van der Waals surface area contributed by atoms with E-state index in [-0.39, 0.29) is 29.5 Å². The molecular formula is C20H20N4O3S2. The lowest BCUT2D eigenvalue weighted by Gasteiger charge is -2.27. The Hall–Kier alpha value is -2.33. The second kappa shape index (κ2) is 7.49. The second-order valence-electron chi connectivity index (χ2n) is 7.23. The van der Waals surface area contributed by atoms with Gasteiger partial charge >= 0.3 is 0 Å².